The molecule has 0 aromatic heterocycles. The van der Waals surface area contributed by atoms with Crippen molar-refractivity contribution < 1.29 is 17.9 Å². The number of aryl methyl sites for hydroxylation is 1. The third-order valence-corrected chi connectivity index (χ3v) is 3.72. The third-order valence-electron chi connectivity index (χ3n) is 2.31. The zero-order valence-corrected chi connectivity index (χ0v) is 10.0. The minimum Gasteiger partial charge on any atom is -0.447 e. The summed E-state index contributed by atoms with van der Waals surface area (Å²) in [7, 11) is -3.87. The van der Waals surface area contributed by atoms with Crippen LogP contribution in [0, 0.1) is 6.92 Å². The fraction of sp³-hybridized carbons (Fsp3) is 0.300. The van der Waals surface area contributed by atoms with E-state index in [4.69, 9.17) is 0 Å². The van der Waals surface area contributed by atoms with Gasteiger partial charge in [-0.1, -0.05) is 17.7 Å². The molecule has 1 fully saturated rings. The Bertz CT molecular complexity index is 524. The van der Waals surface area contributed by atoms with Crippen LogP contribution in [0.15, 0.2) is 24.3 Å². The summed E-state index contributed by atoms with van der Waals surface area (Å²) in [5, 5.41) is 0. The van der Waals surface area contributed by atoms with E-state index in [1.165, 1.54) is 0 Å². The van der Waals surface area contributed by atoms with E-state index in [1.54, 1.807) is 24.3 Å². The van der Waals surface area contributed by atoms with Crippen LogP contribution in [0.1, 0.15) is 5.56 Å². The Balaban J connectivity index is 2.17. The van der Waals surface area contributed by atoms with Gasteiger partial charge in [-0.3, -0.25) is 4.72 Å². The van der Waals surface area contributed by atoms with Crippen molar-refractivity contribution in [3.05, 3.63) is 29.8 Å². The highest BCUT2D eigenvalue weighted by Gasteiger charge is 2.33. The summed E-state index contributed by atoms with van der Waals surface area (Å²) < 4.78 is 31.2. The largest absolute Gasteiger partial charge is 0.447 e. The number of carbonyl (C=O) groups excluding carboxylic acids is 1. The van der Waals surface area contributed by atoms with Crippen molar-refractivity contribution in [1.29, 1.82) is 0 Å². The van der Waals surface area contributed by atoms with Crippen molar-refractivity contribution in [2.24, 2.45) is 0 Å². The van der Waals surface area contributed by atoms with E-state index in [0.29, 0.717) is 9.99 Å². The number of anilines is 1. The molecule has 0 atom stereocenters. The van der Waals surface area contributed by atoms with E-state index in [1.807, 2.05) is 6.92 Å². The molecule has 0 spiro atoms. The molecule has 7 heteroatoms. The minimum absolute atomic E-state index is 0.0417. The lowest BCUT2D eigenvalue weighted by molar-refractivity contribution is 0.170. The Hall–Kier alpha value is -1.76. The van der Waals surface area contributed by atoms with Gasteiger partial charge in [-0.15, -0.1) is 0 Å². The molecular formula is C10H12N2O4S. The molecule has 1 N–H and O–H groups in total. The number of benzene rings is 1. The van der Waals surface area contributed by atoms with Gasteiger partial charge in [0.05, 0.1) is 12.2 Å². The maximum Gasteiger partial charge on any atom is 0.425 e. The van der Waals surface area contributed by atoms with Crippen molar-refractivity contribution in [2.75, 3.05) is 17.9 Å². The predicted molar refractivity (Wildman–Crippen MR) is 61.8 cm³/mol. The molecule has 1 aliphatic heterocycles. The van der Waals surface area contributed by atoms with Crippen LogP contribution in [0.4, 0.5) is 10.5 Å². The van der Waals surface area contributed by atoms with Crippen molar-refractivity contribution in [3.8, 4) is 0 Å². The van der Waals surface area contributed by atoms with Crippen molar-refractivity contribution >= 4 is 22.0 Å². The van der Waals surface area contributed by atoms with E-state index < -0.39 is 16.3 Å². The van der Waals surface area contributed by atoms with Gasteiger partial charge in [0.2, 0.25) is 0 Å². The molecule has 1 aromatic carbocycles. The van der Waals surface area contributed by atoms with Crippen LogP contribution in [-0.2, 0) is 14.9 Å². The molecule has 1 amide bonds. The van der Waals surface area contributed by atoms with Gasteiger partial charge in [0.15, 0.2) is 0 Å². The number of cyclic esters (lactones) is 1. The average Bonchev–Trinajstić information content (AvgIpc) is 2.68. The molecule has 6 nitrogen and oxygen atoms in total. The van der Waals surface area contributed by atoms with E-state index >= 15 is 0 Å². The Morgan fingerprint density at radius 2 is 1.94 bits per heavy atom. The molecule has 1 aliphatic rings. The Morgan fingerprint density at radius 1 is 1.29 bits per heavy atom. The topological polar surface area (TPSA) is 75.7 Å². The SMILES string of the molecule is Cc1ccc(NS(=O)(=O)N2CCOC2=O)cc1. The lowest BCUT2D eigenvalue weighted by Crippen LogP contribution is -2.36. The standard InChI is InChI=1S/C10H12N2O4S/c1-8-2-4-9(5-3-8)11-17(14,15)12-6-7-16-10(12)13/h2-5,11H,6-7H2,1H3. The number of hydrogen-bond donors (Lipinski definition) is 1. The summed E-state index contributed by atoms with van der Waals surface area (Å²) in [5.41, 5.74) is 1.43. The van der Waals surface area contributed by atoms with Gasteiger partial charge in [-0.2, -0.15) is 12.7 Å². The second-order valence-electron chi connectivity index (χ2n) is 3.66. The van der Waals surface area contributed by atoms with Crippen molar-refractivity contribution in [3.63, 3.8) is 0 Å². The first-order chi connectivity index (χ1) is 7.99. The molecule has 1 aromatic rings. The van der Waals surface area contributed by atoms with Crippen LogP contribution in [0.25, 0.3) is 0 Å². The van der Waals surface area contributed by atoms with Crippen LogP contribution in [0.2, 0.25) is 0 Å². The van der Waals surface area contributed by atoms with Crippen LogP contribution >= 0.6 is 0 Å². The number of carbonyl (C=O) groups is 1. The van der Waals surface area contributed by atoms with Crippen LogP contribution in [0.5, 0.6) is 0 Å². The predicted octanol–water partition coefficient (Wildman–Crippen LogP) is 1.10. The monoisotopic (exact) mass is 256 g/mol. The van der Waals surface area contributed by atoms with Crippen LogP contribution < -0.4 is 4.72 Å². The average molecular weight is 256 g/mol. The van der Waals surface area contributed by atoms with Crippen LogP contribution in [0.3, 0.4) is 0 Å². The number of hydrogen-bond acceptors (Lipinski definition) is 4. The molecular weight excluding hydrogens is 244 g/mol. The van der Waals surface area contributed by atoms with Crippen molar-refractivity contribution in [1.82, 2.24) is 4.31 Å². The summed E-state index contributed by atoms with van der Waals surface area (Å²) >= 11 is 0. The molecule has 1 heterocycles. The number of ether oxygens (including phenoxy) is 1. The van der Waals surface area contributed by atoms with Gasteiger partial charge in [0, 0.05) is 0 Å². The molecule has 2 rings (SSSR count). The minimum atomic E-state index is -3.87. The van der Waals surface area contributed by atoms with Gasteiger partial charge < -0.3 is 4.74 Å². The summed E-state index contributed by atoms with van der Waals surface area (Å²) in [4.78, 5) is 11.1. The summed E-state index contributed by atoms with van der Waals surface area (Å²) in [6.45, 7) is 2.03. The van der Waals surface area contributed by atoms with Crippen LogP contribution in [-0.4, -0.2) is 32.0 Å². The fourth-order valence-corrected chi connectivity index (χ4v) is 2.53. The first-order valence-electron chi connectivity index (χ1n) is 5.03. The van der Waals surface area contributed by atoms with E-state index in [2.05, 4.69) is 9.46 Å². The van der Waals surface area contributed by atoms with Gasteiger partial charge in [0.25, 0.3) is 0 Å². The highest BCUT2D eigenvalue weighted by molar-refractivity contribution is 7.90. The van der Waals surface area contributed by atoms with E-state index in [-0.39, 0.29) is 13.2 Å². The summed E-state index contributed by atoms with van der Waals surface area (Å²) in [6, 6.07) is 6.82. The maximum absolute atomic E-state index is 11.8. The summed E-state index contributed by atoms with van der Waals surface area (Å²) in [6.07, 6.45) is -0.843. The molecule has 0 aliphatic carbocycles. The molecule has 0 radical (unpaired) electrons. The zero-order chi connectivity index (χ0) is 12.5. The normalized spacial score (nSPS) is 15.8. The highest BCUT2D eigenvalue weighted by Crippen LogP contribution is 2.15. The molecule has 92 valence electrons. The Labute approximate surface area is 99.4 Å². The number of nitrogens with zero attached hydrogens (tertiary/aromatic N) is 1. The molecule has 17 heavy (non-hydrogen) atoms. The molecule has 0 saturated carbocycles. The quantitative estimate of drug-likeness (QED) is 0.878. The van der Waals surface area contributed by atoms with Gasteiger partial charge in [0.1, 0.15) is 6.61 Å². The lowest BCUT2D eigenvalue weighted by Gasteiger charge is -2.14. The Morgan fingerprint density at radius 3 is 2.47 bits per heavy atom. The van der Waals surface area contributed by atoms with Gasteiger partial charge >= 0.3 is 16.3 Å². The third kappa shape index (κ3) is 2.50. The second-order valence-corrected chi connectivity index (χ2v) is 5.25. The first kappa shape index (κ1) is 11.7. The fourth-order valence-electron chi connectivity index (χ4n) is 1.42. The Kier molecular flexibility index (Phi) is 2.93. The first-order valence-corrected chi connectivity index (χ1v) is 6.47. The number of amides is 1. The molecule has 1 saturated heterocycles. The summed E-state index contributed by atoms with van der Waals surface area (Å²) in [5.74, 6) is 0. The maximum atomic E-state index is 11.8. The van der Waals surface area contributed by atoms with Gasteiger partial charge in [-0.05, 0) is 19.1 Å². The second kappa shape index (κ2) is 4.25. The zero-order valence-electron chi connectivity index (χ0n) is 9.21. The van der Waals surface area contributed by atoms with E-state index in [9.17, 15) is 13.2 Å². The lowest BCUT2D eigenvalue weighted by atomic mass is 10.2. The van der Waals surface area contributed by atoms with Crippen molar-refractivity contribution in [2.45, 2.75) is 6.92 Å². The molecule has 0 bridgehead atoms. The van der Waals surface area contributed by atoms with Gasteiger partial charge in [-0.25, -0.2) is 4.79 Å². The number of nitrogens with one attached hydrogen (secondary N) is 1. The van der Waals surface area contributed by atoms with E-state index in [0.717, 1.165) is 5.56 Å². The smallest absolute Gasteiger partial charge is 0.425 e. The molecule has 0 unspecified atom stereocenters. The number of rotatable bonds is 3. The highest BCUT2D eigenvalue weighted by atomic mass is 32.2.